The molecule has 1 atom stereocenters. The maximum atomic E-state index is 3.79. The van der Waals surface area contributed by atoms with Gasteiger partial charge < -0.3 is 5.32 Å². The lowest BCUT2D eigenvalue weighted by Gasteiger charge is -2.44. The van der Waals surface area contributed by atoms with Crippen molar-refractivity contribution in [2.24, 2.45) is 0 Å². The van der Waals surface area contributed by atoms with Gasteiger partial charge in [-0.15, -0.1) is 0 Å². The molecule has 0 radical (unpaired) electrons. The summed E-state index contributed by atoms with van der Waals surface area (Å²) in [6, 6.07) is 11.5. The quantitative estimate of drug-likeness (QED) is 0.860. The molecule has 1 aromatic rings. The fraction of sp³-hybridized carbons (Fsp3) is 0.625. The molecule has 1 saturated carbocycles. The number of rotatable bonds is 2. The molecular weight excluding hydrogens is 220 g/mol. The van der Waals surface area contributed by atoms with Crippen LogP contribution < -0.4 is 5.32 Å². The van der Waals surface area contributed by atoms with Crippen molar-refractivity contribution in [1.29, 1.82) is 0 Å². The summed E-state index contributed by atoms with van der Waals surface area (Å²) in [6.07, 6.45) is 5.54. The smallest absolute Gasteiger partial charge is 0.0321 e. The normalized spacial score (nSPS) is 25.4. The topological polar surface area (TPSA) is 15.3 Å². The Hall–Kier alpha value is -0.860. The highest BCUT2D eigenvalue weighted by molar-refractivity contribution is 5.19. The van der Waals surface area contributed by atoms with Crippen molar-refractivity contribution in [2.75, 3.05) is 19.6 Å². The Morgan fingerprint density at radius 3 is 2.61 bits per heavy atom. The van der Waals surface area contributed by atoms with E-state index in [0.717, 1.165) is 6.54 Å². The van der Waals surface area contributed by atoms with Gasteiger partial charge >= 0.3 is 0 Å². The van der Waals surface area contributed by atoms with Gasteiger partial charge in [0.2, 0.25) is 0 Å². The Labute approximate surface area is 110 Å². The molecule has 1 aliphatic heterocycles. The Balaban J connectivity index is 1.72. The second kappa shape index (κ2) is 5.02. The van der Waals surface area contributed by atoms with E-state index in [9.17, 15) is 0 Å². The summed E-state index contributed by atoms with van der Waals surface area (Å²) in [5.41, 5.74) is 1.88. The number of hydrogen-bond acceptors (Lipinski definition) is 2. The molecule has 2 aliphatic rings. The lowest BCUT2D eigenvalue weighted by Crippen LogP contribution is -2.59. The average Bonchev–Trinajstić information content (AvgIpc) is 2.87. The molecule has 3 rings (SSSR count). The summed E-state index contributed by atoms with van der Waals surface area (Å²) in [5.74, 6) is 0. The van der Waals surface area contributed by atoms with Crippen LogP contribution in [0.15, 0.2) is 30.3 Å². The van der Waals surface area contributed by atoms with Crippen LogP contribution in [-0.2, 0) is 0 Å². The molecule has 1 unspecified atom stereocenters. The molecule has 98 valence electrons. The second-order valence-corrected chi connectivity index (χ2v) is 5.97. The van der Waals surface area contributed by atoms with Crippen LogP contribution in [0.1, 0.15) is 44.2 Å². The minimum absolute atomic E-state index is 0.432. The third-order valence-electron chi connectivity index (χ3n) is 4.80. The molecule has 2 nitrogen and oxygen atoms in total. The lowest BCUT2D eigenvalue weighted by atomic mass is 9.93. The largest absolute Gasteiger partial charge is 0.309 e. The van der Waals surface area contributed by atoms with E-state index in [4.69, 9.17) is 0 Å². The minimum atomic E-state index is 0.432. The van der Waals surface area contributed by atoms with Crippen LogP contribution >= 0.6 is 0 Å². The van der Waals surface area contributed by atoms with Crippen molar-refractivity contribution < 1.29 is 0 Å². The highest BCUT2D eigenvalue weighted by atomic mass is 15.2. The Morgan fingerprint density at radius 2 is 1.89 bits per heavy atom. The maximum Gasteiger partial charge on any atom is 0.0321 e. The van der Waals surface area contributed by atoms with Gasteiger partial charge in [0.25, 0.3) is 0 Å². The van der Waals surface area contributed by atoms with Crippen molar-refractivity contribution in [3.63, 3.8) is 0 Å². The van der Waals surface area contributed by atoms with E-state index in [2.05, 4.69) is 47.5 Å². The van der Waals surface area contributed by atoms with Crippen molar-refractivity contribution in [2.45, 2.75) is 44.2 Å². The predicted octanol–water partition coefficient (Wildman–Crippen LogP) is 2.97. The molecule has 1 aromatic carbocycles. The van der Waals surface area contributed by atoms with Gasteiger partial charge in [-0.1, -0.05) is 43.2 Å². The number of nitrogens with one attached hydrogen (secondary N) is 1. The number of piperazine rings is 1. The van der Waals surface area contributed by atoms with E-state index >= 15 is 0 Å². The van der Waals surface area contributed by atoms with Crippen LogP contribution in [0.2, 0.25) is 0 Å². The second-order valence-electron chi connectivity index (χ2n) is 5.97. The third-order valence-corrected chi connectivity index (χ3v) is 4.80. The SMILES string of the molecule is CC(c1ccccc1)N1CCNC2(CCCC2)C1. The standard InChI is InChI=1S/C16H24N2/c1-14(15-7-3-2-4-8-15)18-12-11-17-16(13-18)9-5-6-10-16/h2-4,7-8,14,17H,5-6,9-13H2,1H3. The van der Waals surface area contributed by atoms with Crippen molar-refractivity contribution in [3.8, 4) is 0 Å². The molecule has 1 N–H and O–H groups in total. The van der Waals surface area contributed by atoms with E-state index in [1.54, 1.807) is 0 Å². The summed E-state index contributed by atoms with van der Waals surface area (Å²) in [7, 11) is 0. The van der Waals surface area contributed by atoms with E-state index in [1.165, 1.54) is 44.3 Å². The third kappa shape index (κ3) is 2.32. The van der Waals surface area contributed by atoms with Crippen LogP contribution in [0.3, 0.4) is 0 Å². The first-order valence-electron chi connectivity index (χ1n) is 7.33. The van der Waals surface area contributed by atoms with E-state index in [-0.39, 0.29) is 0 Å². The van der Waals surface area contributed by atoms with Gasteiger partial charge in [-0.25, -0.2) is 0 Å². The van der Waals surface area contributed by atoms with Gasteiger partial charge in [0.05, 0.1) is 0 Å². The molecule has 1 saturated heterocycles. The minimum Gasteiger partial charge on any atom is -0.309 e. The van der Waals surface area contributed by atoms with Crippen LogP contribution in [-0.4, -0.2) is 30.1 Å². The van der Waals surface area contributed by atoms with Crippen LogP contribution in [0.4, 0.5) is 0 Å². The molecule has 0 aromatic heterocycles. The van der Waals surface area contributed by atoms with E-state index in [1.807, 2.05) is 0 Å². The molecular formula is C16H24N2. The fourth-order valence-corrected chi connectivity index (χ4v) is 3.65. The van der Waals surface area contributed by atoms with Gasteiger partial charge in [-0.2, -0.15) is 0 Å². The molecule has 1 heterocycles. The van der Waals surface area contributed by atoms with Crippen LogP contribution in [0.5, 0.6) is 0 Å². The summed E-state index contributed by atoms with van der Waals surface area (Å²) in [5, 5.41) is 3.79. The summed E-state index contributed by atoms with van der Waals surface area (Å²) >= 11 is 0. The van der Waals surface area contributed by atoms with Gasteiger partial charge in [-0.05, 0) is 25.3 Å². The lowest BCUT2D eigenvalue weighted by molar-refractivity contribution is 0.101. The van der Waals surface area contributed by atoms with Crippen LogP contribution in [0, 0.1) is 0 Å². The van der Waals surface area contributed by atoms with Gasteiger partial charge in [0, 0.05) is 31.2 Å². The molecule has 2 heteroatoms. The fourth-order valence-electron chi connectivity index (χ4n) is 3.65. The summed E-state index contributed by atoms with van der Waals surface area (Å²) < 4.78 is 0. The first-order valence-corrected chi connectivity index (χ1v) is 7.33. The Bertz CT molecular complexity index is 381. The average molecular weight is 244 g/mol. The van der Waals surface area contributed by atoms with Gasteiger partial charge in [0.1, 0.15) is 0 Å². The highest BCUT2D eigenvalue weighted by Gasteiger charge is 2.38. The predicted molar refractivity (Wildman–Crippen MR) is 75.6 cm³/mol. The van der Waals surface area contributed by atoms with Crippen molar-refractivity contribution in [1.82, 2.24) is 10.2 Å². The molecule has 1 spiro atoms. The van der Waals surface area contributed by atoms with Crippen molar-refractivity contribution in [3.05, 3.63) is 35.9 Å². The van der Waals surface area contributed by atoms with Crippen LogP contribution in [0.25, 0.3) is 0 Å². The van der Waals surface area contributed by atoms with E-state index < -0.39 is 0 Å². The van der Waals surface area contributed by atoms with E-state index in [0.29, 0.717) is 11.6 Å². The Morgan fingerprint density at radius 1 is 1.17 bits per heavy atom. The van der Waals surface area contributed by atoms with Crippen molar-refractivity contribution >= 4 is 0 Å². The molecule has 2 fully saturated rings. The Kier molecular flexibility index (Phi) is 3.40. The zero-order chi connectivity index (χ0) is 12.4. The van der Waals surface area contributed by atoms with Gasteiger partial charge in [-0.3, -0.25) is 4.90 Å². The summed E-state index contributed by atoms with van der Waals surface area (Å²) in [4.78, 5) is 2.66. The van der Waals surface area contributed by atoms with Gasteiger partial charge in [0.15, 0.2) is 0 Å². The highest BCUT2D eigenvalue weighted by Crippen LogP contribution is 2.34. The molecule has 0 bridgehead atoms. The zero-order valence-corrected chi connectivity index (χ0v) is 11.4. The monoisotopic (exact) mass is 244 g/mol. The molecule has 1 aliphatic carbocycles. The first kappa shape index (κ1) is 12.2. The number of nitrogens with zero attached hydrogens (tertiary/aromatic N) is 1. The molecule has 18 heavy (non-hydrogen) atoms. The number of benzene rings is 1. The zero-order valence-electron chi connectivity index (χ0n) is 11.4. The summed E-state index contributed by atoms with van der Waals surface area (Å²) in [6.45, 7) is 5.90. The molecule has 0 amide bonds. The number of hydrogen-bond donors (Lipinski definition) is 1. The maximum absolute atomic E-state index is 3.79. The first-order chi connectivity index (χ1) is 8.79.